The maximum Gasteiger partial charge on any atom is 0.0797 e. The first kappa shape index (κ1) is 24.5. The molecule has 31 heavy (non-hydrogen) atoms. The summed E-state index contributed by atoms with van der Waals surface area (Å²) in [7, 11) is 1.50. The van der Waals surface area contributed by atoms with E-state index in [2.05, 4.69) is 33.2 Å². The molecule has 0 unspecified atom stereocenters. The number of fused-ring (bicyclic) bond motifs is 3. The second-order valence-corrected chi connectivity index (χ2v) is 7.14. The number of aliphatic imine (C=N–C) groups is 1. The van der Waals surface area contributed by atoms with Crippen molar-refractivity contribution in [1.82, 2.24) is 4.98 Å². The lowest BCUT2D eigenvalue weighted by atomic mass is 10.0. The Kier molecular flexibility index (Phi) is 9.66. The van der Waals surface area contributed by atoms with Crippen LogP contribution in [0, 0.1) is 0 Å². The number of nitrogens with zero attached hydrogens (tertiary/aromatic N) is 1. The number of rotatable bonds is 5. The number of anilines is 2. The fraction of sp³-hybridized carbons (Fsp3) is 0.208. The molecule has 4 aromatic rings. The van der Waals surface area contributed by atoms with E-state index in [1.54, 1.807) is 0 Å². The minimum absolute atomic E-state index is 0.612. The van der Waals surface area contributed by atoms with Gasteiger partial charge in [-0.3, -0.25) is 4.99 Å². The van der Waals surface area contributed by atoms with Crippen LogP contribution in [0.5, 0.6) is 0 Å². The molecule has 6 N–H and O–H groups in total. The first-order valence-corrected chi connectivity index (χ1v) is 10.9. The molecule has 0 aliphatic heterocycles. The molecule has 7 heteroatoms. The van der Waals surface area contributed by atoms with Gasteiger partial charge in [-0.15, -0.1) is 0 Å². The summed E-state index contributed by atoms with van der Waals surface area (Å²) in [6, 6.07) is 17.7. The third-order valence-corrected chi connectivity index (χ3v) is 5.05. The van der Waals surface area contributed by atoms with Crippen molar-refractivity contribution in [3.8, 4) is 0 Å². The molecule has 0 atom stereocenters. The summed E-state index contributed by atoms with van der Waals surface area (Å²) in [6.45, 7) is 4.61. The van der Waals surface area contributed by atoms with Crippen LogP contribution in [0.2, 0.25) is 10.0 Å². The summed E-state index contributed by atoms with van der Waals surface area (Å²) in [6.07, 6.45) is 2.10. The minimum Gasteiger partial charge on any atom is -0.390 e. The smallest absolute Gasteiger partial charge is 0.0797 e. The van der Waals surface area contributed by atoms with Gasteiger partial charge in [-0.1, -0.05) is 43.1 Å². The first-order valence-electron chi connectivity index (χ1n) is 10.2. The average molecular weight is 458 g/mol. The van der Waals surface area contributed by atoms with E-state index in [9.17, 15) is 0 Å². The van der Waals surface area contributed by atoms with Crippen molar-refractivity contribution >= 4 is 62.7 Å². The number of H-pyrrole nitrogens is 1. The van der Waals surface area contributed by atoms with Gasteiger partial charge in [-0.2, -0.15) is 0 Å². The molecule has 0 aliphatic carbocycles. The zero-order valence-corrected chi connectivity index (χ0v) is 19.6. The third-order valence-electron chi connectivity index (χ3n) is 4.56. The number of aromatic nitrogens is 1. The topological polar surface area (TPSA) is 92.2 Å². The summed E-state index contributed by atoms with van der Waals surface area (Å²) in [5.74, 6) is 0. The molecule has 164 valence electrons. The van der Waals surface area contributed by atoms with E-state index < -0.39 is 0 Å². The molecule has 5 nitrogen and oxygen atoms in total. The van der Waals surface area contributed by atoms with Crippen molar-refractivity contribution in [1.29, 1.82) is 0 Å². The van der Waals surface area contributed by atoms with E-state index in [4.69, 9.17) is 28.9 Å². The standard InChI is InChI=1S/C21H18Cl2N4.C2H6.CH5N/c22-13-1-4-15(5-2-13)26-19-8-6-16-18-11-14(23)3-7-20(18)27-21(16)17(19)9-10-25-12-24;2*1-2/h1-8,11-12,26-27H,9-10H2,(H2,24,25);1-2H3;2H2,1H3. The van der Waals surface area contributed by atoms with Gasteiger partial charge in [-0.25, -0.2) is 0 Å². The number of hydrogen-bond donors (Lipinski definition) is 4. The summed E-state index contributed by atoms with van der Waals surface area (Å²) in [5, 5.41) is 7.17. The molecule has 0 saturated heterocycles. The molecule has 0 fully saturated rings. The molecule has 0 spiro atoms. The molecular weight excluding hydrogens is 429 g/mol. The van der Waals surface area contributed by atoms with Crippen LogP contribution in [0.15, 0.2) is 59.6 Å². The zero-order valence-electron chi connectivity index (χ0n) is 18.0. The normalized spacial score (nSPS) is 10.5. The Bertz CT molecular complexity index is 1130. The predicted octanol–water partition coefficient (Wildman–Crippen LogP) is 6.50. The molecule has 3 aromatic carbocycles. The van der Waals surface area contributed by atoms with Crippen LogP contribution in [0.3, 0.4) is 0 Å². The lowest BCUT2D eigenvalue weighted by Crippen LogP contribution is -2.00. The Morgan fingerprint density at radius 3 is 2.29 bits per heavy atom. The van der Waals surface area contributed by atoms with Gasteiger partial charge < -0.3 is 21.8 Å². The fourth-order valence-electron chi connectivity index (χ4n) is 3.31. The molecule has 1 aromatic heterocycles. The highest BCUT2D eigenvalue weighted by atomic mass is 35.5. The van der Waals surface area contributed by atoms with Gasteiger partial charge in [0.05, 0.1) is 11.9 Å². The van der Waals surface area contributed by atoms with Gasteiger partial charge in [0.15, 0.2) is 0 Å². The van der Waals surface area contributed by atoms with E-state index in [1.807, 2.05) is 56.3 Å². The lowest BCUT2D eigenvalue weighted by molar-refractivity contribution is 0.979. The molecular formula is C24H29Cl2N5. The summed E-state index contributed by atoms with van der Waals surface area (Å²) >= 11 is 12.2. The van der Waals surface area contributed by atoms with Crippen molar-refractivity contribution in [3.63, 3.8) is 0 Å². The van der Waals surface area contributed by atoms with E-state index in [0.717, 1.165) is 50.2 Å². The molecule has 0 saturated carbocycles. The highest BCUT2D eigenvalue weighted by molar-refractivity contribution is 6.32. The van der Waals surface area contributed by atoms with Crippen molar-refractivity contribution < 1.29 is 0 Å². The van der Waals surface area contributed by atoms with Crippen LogP contribution in [0.25, 0.3) is 21.8 Å². The van der Waals surface area contributed by atoms with Gasteiger partial charge in [-0.05, 0) is 62.0 Å². The number of hydrogen-bond acceptors (Lipinski definition) is 3. The van der Waals surface area contributed by atoms with Crippen LogP contribution in [0.4, 0.5) is 11.4 Å². The second-order valence-electron chi connectivity index (χ2n) is 6.27. The molecule has 0 radical (unpaired) electrons. The van der Waals surface area contributed by atoms with Gasteiger partial charge in [0.25, 0.3) is 0 Å². The van der Waals surface area contributed by atoms with Crippen LogP contribution >= 0.6 is 23.2 Å². The van der Waals surface area contributed by atoms with E-state index in [0.29, 0.717) is 11.6 Å². The van der Waals surface area contributed by atoms with Gasteiger partial charge in [0, 0.05) is 49.8 Å². The summed E-state index contributed by atoms with van der Waals surface area (Å²) < 4.78 is 0. The van der Waals surface area contributed by atoms with Crippen molar-refractivity contribution in [2.24, 2.45) is 16.5 Å². The molecule has 0 bridgehead atoms. The van der Waals surface area contributed by atoms with Crippen molar-refractivity contribution in [3.05, 3.63) is 70.2 Å². The molecule has 0 aliphatic rings. The summed E-state index contributed by atoms with van der Waals surface area (Å²) in [5.41, 5.74) is 15.2. The highest BCUT2D eigenvalue weighted by Crippen LogP contribution is 2.34. The number of nitrogens with two attached hydrogens (primary N) is 2. The number of benzene rings is 3. The van der Waals surface area contributed by atoms with E-state index in [-0.39, 0.29) is 0 Å². The molecule has 0 amide bonds. The third kappa shape index (κ3) is 5.91. The van der Waals surface area contributed by atoms with E-state index >= 15 is 0 Å². The number of nitrogens with one attached hydrogen (secondary N) is 2. The lowest BCUT2D eigenvalue weighted by Gasteiger charge is -2.13. The van der Waals surface area contributed by atoms with Crippen molar-refractivity contribution in [2.45, 2.75) is 20.3 Å². The monoisotopic (exact) mass is 457 g/mol. The average Bonchev–Trinajstić information content (AvgIpc) is 3.17. The first-order chi connectivity index (χ1) is 15.2. The molecule has 1 heterocycles. The second kappa shape index (κ2) is 12.2. The van der Waals surface area contributed by atoms with Crippen LogP contribution in [-0.2, 0) is 6.42 Å². The van der Waals surface area contributed by atoms with Gasteiger partial charge in [0.2, 0.25) is 0 Å². The SMILES string of the molecule is CC.CN.NC=NCCc1c(Nc2ccc(Cl)cc2)ccc2c1[nH]c1ccc(Cl)cc12. The van der Waals surface area contributed by atoms with Crippen LogP contribution < -0.4 is 16.8 Å². The zero-order chi connectivity index (χ0) is 22.8. The van der Waals surface area contributed by atoms with Crippen LogP contribution in [-0.4, -0.2) is 24.9 Å². The number of halogens is 2. The largest absolute Gasteiger partial charge is 0.390 e. The van der Waals surface area contributed by atoms with Gasteiger partial charge >= 0.3 is 0 Å². The number of aromatic amines is 1. The Balaban J connectivity index is 0.000000807. The highest BCUT2D eigenvalue weighted by Gasteiger charge is 2.13. The van der Waals surface area contributed by atoms with Gasteiger partial charge in [0.1, 0.15) is 0 Å². The Morgan fingerprint density at radius 2 is 1.61 bits per heavy atom. The Hall–Kier alpha value is -2.73. The summed E-state index contributed by atoms with van der Waals surface area (Å²) in [4.78, 5) is 7.71. The maximum atomic E-state index is 6.20. The Morgan fingerprint density at radius 1 is 0.935 bits per heavy atom. The van der Waals surface area contributed by atoms with Crippen LogP contribution in [0.1, 0.15) is 19.4 Å². The van der Waals surface area contributed by atoms with Crippen molar-refractivity contribution in [2.75, 3.05) is 18.9 Å². The predicted molar refractivity (Wildman–Crippen MR) is 138 cm³/mol. The maximum absolute atomic E-state index is 6.20. The minimum atomic E-state index is 0.612. The Labute approximate surface area is 193 Å². The van der Waals surface area contributed by atoms with E-state index in [1.165, 1.54) is 13.4 Å². The molecule has 4 rings (SSSR count). The fourth-order valence-corrected chi connectivity index (χ4v) is 3.61. The quantitative estimate of drug-likeness (QED) is 0.203.